The number of benzene rings is 1. The van der Waals surface area contributed by atoms with Crippen molar-refractivity contribution in [2.45, 2.75) is 19.4 Å². The van der Waals surface area contributed by atoms with Gasteiger partial charge in [0.2, 0.25) is 0 Å². The van der Waals surface area contributed by atoms with E-state index < -0.39 is 0 Å². The Hall–Kier alpha value is -1.68. The van der Waals surface area contributed by atoms with Crippen LogP contribution >= 0.6 is 0 Å². The first-order valence-corrected chi connectivity index (χ1v) is 5.64. The molecule has 1 aromatic carbocycles. The van der Waals surface area contributed by atoms with Gasteiger partial charge >= 0.3 is 0 Å². The second-order valence-corrected chi connectivity index (χ2v) is 4.08. The van der Waals surface area contributed by atoms with Crippen molar-refractivity contribution in [1.29, 1.82) is 0 Å². The van der Waals surface area contributed by atoms with Gasteiger partial charge in [-0.25, -0.2) is 9.37 Å². The van der Waals surface area contributed by atoms with Crippen molar-refractivity contribution in [1.82, 2.24) is 9.55 Å². The van der Waals surface area contributed by atoms with Gasteiger partial charge in [-0.1, -0.05) is 18.2 Å². The number of nitrogens with zero attached hydrogens (tertiary/aromatic N) is 2. The van der Waals surface area contributed by atoms with E-state index in [-0.39, 0.29) is 11.7 Å². The second kappa shape index (κ2) is 5.10. The first-order chi connectivity index (χ1) is 8.22. The highest BCUT2D eigenvalue weighted by Gasteiger charge is 2.15. The zero-order valence-electron chi connectivity index (χ0n) is 9.81. The summed E-state index contributed by atoms with van der Waals surface area (Å²) in [5.41, 5.74) is 6.41. The molecule has 17 heavy (non-hydrogen) atoms. The summed E-state index contributed by atoms with van der Waals surface area (Å²) in [6, 6.07) is 6.79. The van der Waals surface area contributed by atoms with Crippen molar-refractivity contribution < 1.29 is 4.39 Å². The molecule has 0 aliphatic carbocycles. The summed E-state index contributed by atoms with van der Waals surface area (Å²) in [5, 5.41) is 0. The quantitative estimate of drug-likeness (QED) is 0.878. The molecule has 0 spiro atoms. The summed E-state index contributed by atoms with van der Waals surface area (Å²) >= 11 is 0. The Morgan fingerprint density at radius 3 is 2.76 bits per heavy atom. The Labute approximate surface area is 100 Å². The van der Waals surface area contributed by atoms with Crippen molar-refractivity contribution in [2.24, 2.45) is 5.73 Å². The van der Waals surface area contributed by atoms with Gasteiger partial charge in [-0.3, -0.25) is 0 Å². The second-order valence-electron chi connectivity index (χ2n) is 4.08. The van der Waals surface area contributed by atoms with Gasteiger partial charge in [0.15, 0.2) is 0 Å². The number of imidazole rings is 1. The van der Waals surface area contributed by atoms with Crippen LogP contribution in [-0.4, -0.2) is 16.1 Å². The molecule has 0 fully saturated rings. The van der Waals surface area contributed by atoms with Gasteiger partial charge in [0.25, 0.3) is 0 Å². The number of hydrogen-bond acceptors (Lipinski definition) is 2. The van der Waals surface area contributed by atoms with E-state index in [1.54, 1.807) is 18.3 Å². The smallest absolute Gasteiger partial charge is 0.126 e. The third-order valence-corrected chi connectivity index (χ3v) is 2.97. The van der Waals surface area contributed by atoms with Crippen LogP contribution in [0, 0.1) is 12.7 Å². The highest BCUT2D eigenvalue weighted by molar-refractivity contribution is 5.22. The van der Waals surface area contributed by atoms with E-state index in [0.717, 1.165) is 5.82 Å². The minimum absolute atomic E-state index is 0.0240. The lowest BCUT2D eigenvalue weighted by Crippen LogP contribution is -2.19. The van der Waals surface area contributed by atoms with Gasteiger partial charge in [-0.05, 0) is 18.6 Å². The number of hydrogen-bond donors (Lipinski definition) is 1. The molecule has 3 nitrogen and oxygen atoms in total. The number of aromatic nitrogens is 2. The molecule has 1 heterocycles. The lowest BCUT2D eigenvalue weighted by atomic mass is 9.98. The predicted molar refractivity (Wildman–Crippen MR) is 65.2 cm³/mol. The van der Waals surface area contributed by atoms with Crippen molar-refractivity contribution in [3.8, 4) is 0 Å². The SMILES string of the molecule is Cc1nccn1CC(CN)c1ccccc1F. The summed E-state index contributed by atoms with van der Waals surface area (Å²) in [5.74, 6) is 0.699. The van der Waals surface area contributed by atoms with Crippen molar-refractivity contribution in [3.63, 3.8) is 0 Å². The molecule has 0 radical (unpaired) electrons. The molecular formula is C13H16FN3. The first-order valence-electron chi connectivity index (χ1n) is 5.64. The summed E-state index contributed by atoms with van der Waals surface area (Å²) in [6.07, 6.45) is 3.63. The normalized spacial score (nSPS) is 12.6. The molecule has 0 bridgehead atoms. The predicted octanol–water partition coefficient (Wildman–Crippen LogP) is 2.07. The van der Waals surface area contributed by atoms with E-state index in [2.05, 4.69) is 4.98 Å². The van der Waals surface area contributed by atoms with Crippen LogP contribution in [0.15, 0.2) is 36.7 Å². The Morgan fingerprint density at radius 1 is 1.41 bits per heavy atom. The van der Waals surface area contributed by atoms with Crippen molar-refractivity contribution >= 4 is 0 Å². The molecule has 0 saturated carbocycles. The highest BCUT2D eigenvalue weighted by Crippen LogP contribution is 2.20. The van der Waals surface area contributed by atoms with Crippen LogP contribution in [0.3, 0.4) is 0 Å². The van der Waals surface area contributed by atoms with Gasteiger partial charge in [0, 0.05) is 31.4 Å². The van der Waals surface area contributed by atoms with Gasteiger partial charge in [-0.15, -0.1) is 0 Å². The van der Waals surface area contributed by atoms with Gasteiger partial charge in [0.1, 0.15) is 11.6 Å². The molecule has 0 aliphatic rings. The minimum Gasteiger partial charge on any atom is -0.335 e. The van der Waals surface area contributed by atoms with Crippen molar-refractivity contribution in [2.75, 3.05) is 6.54 Å². The molecule has 0 aliphatic heterocycles. The van der Waals surface area contributed by atoms with Crippen LogP contribution < -0.4 is 5.73 Å². The van der Waals surface area contributed by atoms with Crippen molar-refractivity contribution in [3.05, 3.63) is 53.9 Å². The molecule has 0 amide bonds. The first kappa shape index (κ1) is 11.8. The Bertz CT molecular complexity index is 493. The Morgan fingerprint density at radius 2 is 2.18 bits per heavy atom. The minimum atomic E-state index is -0.194. The zero-order valence-corrected chi connectivity index (χ0v) is 9.81. The Kier molecular flexibility index (Phi) is 3.54. The lowest BCUT2D eigenvalue weighted by molar-refractivity contribution is 0.519. The van der Waals surface area contributed by atoms with E-state index in [1.165, 1.54) is 6.07 Å². The maximum atomic E-state index is 13.7. The standard InChI is InChI=1S/C13H16FN3/c1-10-16-6-7-17(10)9-11(8-15)12-4-2-3-5-13(12)14/h2-7,11H,8-9,15H2,1H3. The largest absolute Gasteiger partial charge is 0.335 e. The van der Waals surface area contributed by atoms with Crippen LogP contribution in [0.2, 0.25) is 0 Å². The van der Waals surface area contributed by atoms with Gasteiger partial charge in [0.05, 0.1) is 0 Å². The number of nitrogens with two attached hydrogens (primary N) is 1. The maximum absolute atomic E-state index is 13.7. The van der Waals surface area contributed by atoms with Gasteiger partial charge in [-0.2, -0.15) is 0 Å². The van der Waals surface area contributed by atoms with Crippen LogP contribution in [0.5, 0.6) is 0 Å². The zero-order chi connectivity index (χ0) is 12.3. The monoisotopic (exact) mass is 233 g/mol. The highest BCUT2D eigenvalue weighted by atomic mass is 19.1. The molecule has 4 heteroatoms. The Balaban J connectivity index is 2.23. The van der Waals surface area contributed by atoms with Crippen LogP contribution in [-0.2, 0) is 6.54 Å². The van der Waals surface area contributed by atoms with Crippen LogP contribution in [0.4, 0.5) is 4.39 Å². The average Bonchev–Trinajstić information content (AvgIpc) is 2.73. The molecule has 0 saturated heterocycles. The maximum Gasteiger partial charge on any atom is 0.126 e. The molecule has 90 valence electrons. The summed E-state index contributed by atoms with van der Waals surface area (Å²) in [4.78, 5) is 4.15. The number of halogens is 1. The van der Waals surface area contributed by atoms with Gasteiger partial charge < -0.3 is 10.3 Å². The number of rotatable bonds is 4. The van der Waals surface area contributed by atoms with E-state index in [9.17, 15) is 4.39 Å². The van der Waals surface area contributed by atoms with Crippen LogP contribution in [0.1, 0.15) is 17.3 Å². The molecule has 1 unspecified atom stereocenters. The molecular weight excluding hydrogens is 217 g/mol. The molecule has 2 N–H and O–H groups in total. The fourth-order valence-electron chi connectivity index (χ4n) is 1.94. The van der Waals surface area contributed by atoms with E-state index in [1.807, 2.05) is 23.8 Å². The summed E-state index contributed by atoms with van der Waals surface area (Å²) in [6.45, 7) is 3.00. The van der Waals surface area contributed by atoms with E-state index in [4.69, 9.17) is 5.73 Å². The average molecular weight is 233 g/mol. The lowest BCUT2D eigenvalue weighted by Gasteiger charge is -2.17. The van der Waals surface area contributed by atoms with E-state index >= 15 is 0 Å². The van der Waals surface area contributed by atoms with E-state index in [0.29, 0.717) is 18.7 Å². The summed E-state index contributed by atoms with van der Waals surface area (Å²) < 4.78 is 15.7. The molecule has 2 aromatic rings. The fraction of sp³-hybridized carbons (Fsp3) is 0.308. The molecule has 1 aromatic heterocycles. The molecule has 1 atom stereocenters. The third kappa shape index (κ3) is 2.53. The summed E-state index contributed by atoms with van der Waals surface area (Å²) in [7, 11) is 0. The van der Waals surface area contributed by atoms with Crippen LogP contribution in [0.25, 0.3) is 0 Å². The third-order valence-electron chi connectivity index (χ3n) is 2.97. The molecule has 2 rings (SSSR count). The topological polar surface area (TPSA) is 43.8 Å². The fourth-order valence-corrected chi connectivity index (χ4v) is 1.94. The number of aryl methyl sites for hydroxylation is 1.